The lowest BCUT2D eigenvalue weighted by Gasteiger charge is -2.35. The van der Waals surface area contributed by atoms with E-state index < -0.39 is 0 Å². The molecule has 0 heterocycles. The quantitative estimate of drug-likeness (QED) is 0.652. The van der Waals surface area contributed by atoms with E-state index >= 15 is 0 Å². The Bertz CT molecular complexity index is 202. The average molecular weight is 197 g/mol. The van der Waals surface area contributed by atoms with E-state index in [1.54, 1.807) is 0 Å². The lowest BCUT2D eigenvalue weighted by molar-refractivity contribution is -0.129. The standard InChI is InChI=1S/C12H23NO/c1-5-13(6-2)12(3,4)11(14)9-10-7-8-10/h10H,5-9H2,1-4H3. The number of carbonyl (C=O) groups excluding carboxylic acids is 1. The highest BCUT2D eigenvalue weighted by Crippen LogP contribution is 2.34. The second-order valence-electron chi connectivity index (χ2n) is 4.80. The molecule has 0 aromatic heterocycles. The molecule has 1 saturated carbocycles. The molecule has 0 aliphatic heterocycles. The molecule has 14 heavy (non-hydrogen) atoms. The van der Waals surface area contributed by atoms with Crippen molar-refractivity contribution in [3.63, 3.8) is 0 Å². The molecule has 1 aliphatic rings. The molecule has 1 aliphatic carbocycles. The molecule has 0 radical (unpaired) electrons. The Kier molecular flexibility index (Phi) is 3.71. The Hall–Kier alpha value is -0.370. The van der Waals surface area contributed by atoms with Crippen LogP contribution in [0, 0.1) is 5.92 Å². The topological polar surface area (TPSA) is 20.3 Å². The van der Waals surface area contributed by atoms with Crippen LogP contribution in [0.5, 0.6) is 0 Å². The number of Topliss-reactive ketones (excluding diaryl/α,β-unsaturated/α-hetero) is 1. The highest BCUT2D eigenvalue weighted by molar-refractivity contribution is 5.87. The summed E-state index contributed by atoms with van der Waals surface area (Å²) in [7, 11) is 0. The predicted molar refractivity (Wildman–Crippen MR) is 59.3 cm³/mol. The molecule has 0 atom stereocenters. The van der Waals surface area contributed by atoms with Gasteiger partial charge in [-0.05, 0) is 45.7 Å². The summed E-state index contributed by atoms with van der Waals surface area (Å²) in [6, 6.07) is 0. The molecular weight excluding hydrogens is 174 g/mol. The minimum atomic E-state index is -0.258. The fraction of sp³-hybridized carbons (Fsp3) is 0.917. The first kappa shape index (κ1) is 11.7. The number of ketones is 1. The van der Waals surface area contributed by atoms with Gasteiger partial charge in [-0.25, -0.2) is 0 Å². The van der Waals surface area contributed by atoms with Crippen LogP contribution in [0.3, 0.4) is 0 Å². The van der Waals surface area contributed by atoms with E-state index in [1.807, 2.05) is 0 Å². The lowest BCUT2D eigenvalue weighted by atomic mass is 9.92. The summed E-state index contributed by atoms with van der Waals surface area (Å²) in [5.41, 5.74) is -0.258. The van der Waals surface area contributed by atoms with Gasteiger partial charge in [0.05, 0.1) is 5.54 Å². The molecule has 0 N–H and O–H groups in total. The van der Waals surface area contributed by atoms with Gasteiger partial charge in [-0.3, -0.25) is 9.69 Å². The van der Waals surface area contributed by atoms with E-state index in [2.05, 4.69) is 32.6 Å². The summed E-state index contributed by atoms with van der Waals surface area (Å²) in [6.45, 7) is 10.3. The third-order valence-electron chi connectivity index (χ3n) is 3.41. The molecule has 0 bridgehead atoms. The van der Waals surface area contributed by atoms with E-state index in [-0.39, 0.29) is 5.54 Å². The van der Waals surface area contributed by atoms with E-state index in [0.717, 1.165) is 19.5 Å². The number of hydrogen-bond donors (Lipinski definition) is 0. The van der Waals surface area contributed by atoms with Crippen molar-refractivity contribution in [2.24, 2.45) is 5.92 Å². The summed E-state index contributed by atoms with van der Waals surface area (Å²) in [6.07, 6.45) is 3.32. The maximum absolute atomic E-state index is 12.0. The Balaban J connectivity index is 2.55. The van der Waals surface area contributed by atoms with Crippen LogP contribution in [-0.2, 0) is 4.79 Å². The molecular formula is C12H23NO. The van der Waals surface area contributed by atoms with Crippen molar-refractivity contribution in [1.29, 1.82) is 0 Å². The monoisotopic (exact) mass is 197 g/mol. The van der Waals surface area contributed by atoms with Gasteiger partial charge in [-0.2, -0.15) is 0 Å². The molecule has 0 saturated heterocycles. The second kappa shape index (κ2) is 4.43. The lowest BCUT2D eigenvalue weighted by Crippen LogP contribution is -2.50. The molecule has 0 amide bonds. The first-order valence-electron chi connectivity index (χ1n) is 5.80. The first-order valence-corrected chi connectivity index (χ1v) is 5.80. The maximum atomic E-state index is 12.0. The SMILES string of the molecule is CCN(CC)C(C)(C)C(=O)CC1CC1. The van der Waals surface area contributed by atoms with Gasteiger partial charge in [0.2, 0.25) is 0 Å². The number of rotatable bonds is 6. The van der Waals surface area contributed by atoms with Crippen LogP contribution in [0.25, 0.3) is 0 Å². The summed E-state index contributed by atoms with van der Waals surface area (Å²) >= 11 is 0. The van der Waals surface area contributed by atoms with Gasteiger partial charge in [0.25, 0.3) is 0 Å². The van der Waals surface area contributed by atoms with Crippen LogP contribution in [0.15, 0.2) is 0 Å². The predicted octanol–water partition coefficient (Wildman–Crippen LogP) is 2.48. The number of nitrogens with zero attached hydrogens (tertiary/aromatic N) is 1. The van der Waals surface area contributed by atoms with Crippen molar-refractivity contribution in [1.82, 2.24) is 4.90 Å². The van der Waals surface area contributed by atoms with Crippen molar-refractivity contribution < 1.29 is 4.79 Å². The maximum Gasteiger partial charge on any atom is 0.152 e. The number of hydrogen-bond acceptors (Lipinski definition) is 2. The van der Waals surface area contributed by atoms with E-state index in [9.17, 15) is 4.79 Å². The van der Waals surface area contributed by atoms with Crippen LogP contribution < -0.4 is 0 Å². The van der Waals surface area contributed by atoms with Crippen LogP contribution >= 0.6 is 0 Å². The van der Waals surface area contributed by atoms with Crippen molar-refractivity contribution in [3.05, 3.63) is 0 Å². The largest absolute Gasteiger partial charge is 0.298 e. The molecule has 1 rings (SSSR count). The molecule has 2 heteroatoms. The smallest absolute Gasteiger partial charge is 0.152 e. The molecule has 0 unspecified atom stereocenters. The second-order valence-corrected chi connectivity index (χ2v) is 4.80. The minimum Gasteiger partial charge on any atom is -0.298 e. The van der Waals surface area contributed by atoms with Gasteiger partial charge in [0, 0.05) is 6.42 Å². The molecule has 82 valence electrons. The summed E-state index contributed by atoms with van der Waals surface area (Å²) < 4.78 is 0. The van der Waals surface area contributed by atoms with Crippen molar-refractivity contribution in [2.75, 3.05) is 13.1 Å². The van der Waals surface area contributed by atoms with Crippen LogP contribution in [-0.4, -0.2) is 29.3 Å². The zero-order chi connectivity index (χ0) is 10.8. The fourth-order valence-electron chi connectivity index (χ4n) is 2.02. The normalized spacial score (nSPS) is 17.5. The van der Waals surface area contributed by atoms with Gasteiger partial charge in [0.15, 0.2) is 5.78 Å². The van der Waals surface area contributed by atoms with Crippen molar-refractivity contribution >= 4 is 5.78 Å². The zero-order valence-corrected chi connectivity index (χ0v) is 9.97. The molecule has 0 spiro atoms. The summed E-state index contributed by atoms with van der Waals surface area (Å²) in [5.74, 6) is 1.13. The van der Waals surface area contributed by atoms with Gasteiger partial charge < -0.3 is 0 Å². The Morgan fingerprint density at radius 1 is 1.29 bits per heavy atom. The van der Waals surface area contributed by atoms with Gasteiger partial charge >= 0.3 is 0 Å². The Labute approximate surface area is 87.7 Å². The number of carbonyl (C=O) groups is 1. The molecule has 0 aromatic rings. The van der Waals surface area contributed by atoms with E-state index in [1.165, 1.54) is 12.8 Å². The van der Waals surface area contributed by atoms with Gasteiger partial charge in [-0.1, -0.05) is 13.8 Å². The van der Waals surface area contributed by atoms with Crippen LogP contribution in [0.1, 0.15) is 47.0 Å². The molecule has 2 nitrogen and oxygen atoms in total. The Morgan fingerprint density at radius 2 is 1.79 bits per heavy atom. The van der Waals surface area contributed by atoms with E-state index in [4.69, 9.17) is 0 Å². The first-order chi connectivity index (χ1) is 6.52. The fourth-order valence-corrected chi connectivity index (χ4v) is 2.02. The highest BCUT2D eigenvalue weighted by Gasteiger charge is 2.36. The third-order valence-corrected chi connectivity index (χ3v) is 3.41. The van der Waals surface area contributed by atoms with Gasteiger partial charge in [-0.15, -0.1) is 0 Å². The van der Waals surface area contributed by atoms with Crippen molar-refractivity contribution in [2.45, 2.75) is 52.5 Å². The summed E-state index contributed by atoms with van der Waals surface area (Å²) in [5, 5.41) is 0. The zero-order valence-electron chi connectivity index (χ0n) is 9.97. The van der Waals surface area contributed by atoms with Crippen LogP contribution in [0.2, 0.25) is 0 Å². The third kappa shape index (κ3) is 2.57. The van der Waals surface area contributed by atoms with Crippen molar-refractivity contribution in [3.8, 4) is 0 Å². The molecule has 1 fully saturated rings. The number of likely N-dealkylation sites (N-methyl/N-ethyl adjacent to an activating group) is 1. The average Bonchev–Trinajstić information content (AvgIpc) is 2.89. The highest BCUT2D eigenvalue weighted by atomic mass is 16.1. The minimum absolute atomic E-state index is 0.258. The van der Waals surface area contributed by atoms with Crippen LogP contribution in [0.4, 0.5) is 0 Å². The van der Waals surface area contributed by atoms with E-state index in [0.29, 0.717) is 11.7 Å². The molecule has 0 aromatic carbocycles. The summed E-state index contributed by atoms with van der Waals surface area (Å²) in [4.78, 5) is 14.3. The Morgan fingerprint density at radius 3 is 2.14 bits per heavy atom. The van der Waals surface area contributed by atoms with Gasteiger partial charge in [0.1, 0.15) is 0 Å².